The molecule has 2 rings (SSSR count). The van der Waals surface area contributed by atoms with Crippen LogP contribution in [0.3, 0.4) is 0 Å². The minimum Gasteiger partial charge on any atom is -0.508 e. The summed E-state index contributed by atoms with van der Waals surface area (Å²) in [6.07, 6.45) is 0.403. The summed E-state index contributed by atoms with van der Waals surface area (Å²) < 4.78 is 0. The number of aromatic hydroxyl groups is 1. The van der Waals surface area contributed by atoms with E-state index < -0.39 is 159 Å². The van der Waals surface area contributed by atoms with Gasteiger partial charge in [-0.2, -0.15) is 25.3 Å². The summed E-state index contributed by atoms with van der Waals surface area (Å²) in [4.78, 5) is 173. The molecule has 9 amide bonds. The number of thiol groups is 2. The molecule has 0 unspecified atom stereocenters. The van der Waals surface area contributed by atoms with Gasteiger partial charge < -0.3 is 89.3 Å². The molecule has 1 aliphatic rings. The summed E-state index contributed by atoms with van der Waals surface area (Å²) in [5.41, 5.74) is 6.05. The van der Waals surface area contributed by atoms with Crippen LogP contribution >= 0.6 is 25.3 Å². The number of carbonyl (C=O) groups is 13. The van der Waals surface area contributed by atoms with E-state index in [0.29, 0.717) is 12.0 Å². The molecular formula is C53H86InN14O20S2. The fourth-order valence-corrected chi connectivity index (χ4v) is 9.19. The minimum atomic E-state index is -1.67. The number of aliphatic hydroxyl groups excluding tert-OH is 2. The third-order valence-electron chi connectivity index (χ3n) is 13.5. The van der Waals surface area contributed by atoms with Crippen molar-refractivity contribution in [1.29, 1.82) is 0 Å². The molecule has 0 aromatic heterocycles. The van der Waals surface area contributed by atoms with Crippen LogP contribution < -0.4 is 53.6 Å². The third-order valence-corrected chi connectivity index (χ3v) is 14.2. The number of nitrogens with zero attached hydrogens (tertiary/aromatic N) is 4. The Hall–Kier alpha value is -6.58. The third kappa shape index (κ3) is 32.9. The quantitative estimate of drug-likeness (QED) is 0.0216. The zero-order chi connectivity index (χ0) is 66.8. The maximum atomic E-state index is 13.8. The van der Waals surface area contributed by atoms with Crippen molar-refractivity contribution >= 4 is 128 Å². The first-order valence-corrected chi connectivity index (χ1v) is 29.7. The number of carboxylic acid groups (broad SMARTS) is 4. The van der Waals surface area contributed by atoms with Crippen LogP contribution in [0.5, 0.6) is 5.75 Å². The average Bonchev–Trinajstić information content (AvgIpc) is 3.11. The Kier molecular flexibility index (Phi) is 39.8. The molecular weight excluding hydrogens is 1330 g/mol. The van der Waals surface area contributed by atoms with E-state index in [0.717, 1.165) is 0 Å². The zero-order valence-electron chi connectivity index (χ0n) is 50.2. The Morgan fingerprint density at radius 1 is 0.478 bits per heavy atom. The minimum absolute atomic E-state index is 0. The van der Waals surface area contributed by atoms with E-state index in [4.69, 9.17) is 5.73 Å². The zero-order valence-corrected chi connectivity index (χ0v) is 55.3. The van der Waals surface area contributed by atoms with Gasteiger partial charge in [-0.05, 0) is 55.8 Å². The summed E-state index contributed by atoms with van der Waals surface area (Å²) in [6.45, 7) is -0.221. The van der Waals surface area contributed by atoms with Crippen LogP contribution in [0.1, 0.15) is 45.1 Å². The Morgan fingerprint density at radius 3 is 1.26 bits per heavy atom. The molecule has 1 aromatic carbocycles. The second kappa shape index (κ2) is 44.0. The molecule has 1 heterocycles. The van der Waals surface area contributed by atoms with Gasteiger partial charge in [-0.25, -0.2) is 4.79 Å². The average molecular weight is 1410 g/mol. The molecule has 1 aromatic rings. The Morgan fingerprint density at radius 2 is 0.844 bits per heavy atom. The molecule has 1 aliphatic heterocycles. The number of phenols is 1. The van der Waals surface area contributed by atoms with Crippen molar-refractivity contribution in [2.45, 2.75) is 88.2 Å². The first kappa shape index (κ1) is 81.4. The van der Waals surface area contributed by atoms with Crippen LogP contribution in [0.4, 0.5) is 0 Å². The van der Waals surface area contributed by atoms with Gasteiger partial charge in [0.25, 0.3) is 0 Å². The smallest absolute Gasteiger partial charge is 0.326 e. The van der Waals surface area contributed by atoms with E-state index in [1.54, 1.807) is 33.4 Å². The molecule has 7 atom stereocenters. The molecule has 0 spiro atoms. The van der Waals surface area contributed by atoms with Gasteiger partial charge >= 0.3 is 23.9 Å². The topological polar surface area (TPSA) is 511 Å². The first-order valence-electron chi connectivity index (χ1n) is 28.5. The van der Waals surface area contributed by atoms with E-state index in [1.165, 1.54) is 24.3 Å². The van der Waals surface area contributed by atoms with Gasteiger partial charge in [0.05, 0.1) is 52.5 Å². The summed E-state index contributed by atoms with van der Waals surface area (Å²) in [7, 11) is 0. The summed E-state index contributed by atoms with van der Waals surface area (Å²) in [5, 5.41) is 89.1. The van der Waals surface area contributed by atoms with Crippen molar-refractivity contribution in [3.05, 3.63) is 29.8 Å². The molecule has 1 saturated heterocycles. The number of aliphatic carboxylic acids is 4. The van der Waals surface area contributed by atoms with E-state index in [-0.39, 0.29) is 147 Å². The van der Waals surface area contributed by atoms with Gasteiger partial charge in [0.1, 0.15) is 48.0 Å². The molecule has 37 heteroatoms. The number of benzene rings is 1. The molecule has 0 saturated carbocycles. The Balaban J connectivity index is 0.0000405. The fourth-order valence-electron chi connectivity index (χ4n) is 8.67. The summed E-state index contributed by atoms with van der Waals surface area (Å²) in [6, 6.07) is -5.06. The van der Waals surface area contributed by atoms with Crippen LogP contribution in [0.25, 0.3) is 0 Å². The molecule has 503 valence electrons. The molecule has 1 fully saturated rings. The standard InChI is InChI=1S/C53H86N14O20S2.In/c1-31(2)19-36(53(86)87)60-50(83)38(28-69)61-49(82)35(20-32-6-8-33(70)9-7-32)59-51(84)39(29-88)63-52(85)40(30-89)62-48(81)34(5-3-4-10-54)57-42(72)22-56-47(80)37(27-68)58-41(71)21-55-43(73)23-64-11-13-65(24-44(74)75)15-17-67(26-46(78)79)18-16-66(14-12-64)25-45(76)77;/h6-9,31,34-40,68-70,88-89H,3-5,10-30,54H2,1-2H3,(H,55,73)(H,56,80)(H,57,72)(H,58,71)(H,59,84)(H,60,83)(H,61,82)(H,62,81)(H,63,85)(H,74,75)(H,76,77)(H,78,79)(H,86,87);/t34-,35-,36-,37-,38-,39-,40-;/m0./s1/i;1-4. The van der Waals surface area contributed by atoms with Crippen LogP contribution in [0.2, 0.25) is 0 Å². The van der Waals surface area contributed by atoms with E-state index in [1.807, 2.05) is 0 Å². The van der Waals surface area contributed by atoms with Crippen molar-refractivity contribution < 1.29 is 98.1 Å². The van der Waals surface area contributed by atoms with E-state index >= 15 is 0 Å². The number of carboxylic acids is 4. The maximum Gasteiger partial charge on any atom is 0.326 e. The van der Waals surface area contributed by atoms with Crippen molar-refractivity contribution in [3.63, 3.8) is 0 Å². The van der Waals surface area contributed by atoms with Crippen LogP contribution in [-0.2, 0) is 68.7 Å². The number of phenolic OH excluding ortho intramolecular Hbond substituents is 1. The molecule has 34 nitrogen and oxygen atoms in total. The SMILES string of the molecule is CC(C)C[C@H](NC(=O)[C@H](CO)NC(=O)[C@H](Cc1ccc(O)cc1)NC(=O)[C@H](CS)NC(=O)[C@H](CS)NC(=O)[C@H](CCCCN)NC(=O)CNC(=O)[C@H](CO)NC(=O)CNC(=O)CN1CCN(CC(=O)O)CCN(CC(=O)O)CCN(CC(=O)O)CC1)C(=O)O.[111In]. The molecule has 3 radical (unpaired) electrons. The second-order valence-electron chi connectivity index (χ2n) is 21.2. The summed E-state index contributed by atoms with van der Waals surface area (Å²) in [5.74, 6) is -14.3. The van der Waals surface area contributed by atoms with Crippen molar-refractivity contribution in [2.24, 2.45) is 11.7 Å². The second-order valence-corrected chi connectivity index (χ2v) is 21.9. The molecule has 0 aliphatic carbocycles. The number of unbranched alkanes of at least 4 members (excludes halogenated alkanes) is 1. The van der Waals surface area contributed by atoms with Gasteiger partial charge in [0, 0.05) is 96.1 Å². The van der Waals surface area contributed by atoms with Crippen LogP contribution in [0, 0.1) is 5.92 Å². The van der Waals surface area contributed by atoms with E-state index in [2.05, 4.69) is 73.1 Å². The van der Waals surface area contributed by atoms with Gasteiger partial charge in [-0.3, -0.25) is 77.1 Å². The molecule has 18 N–H and O–H groups in total. The Bertz CT molecular complexity index is 2520. The monoisotopic (exact) mass is 1410 g/mol. The van der Waals surface area contributed by atoms with Crippen LogP contribution in [0.15, 0.2) is 24.3 Å². The summed E-state index contributed by atoms with van der Waals surface area (Å²) >= 11 is 8.39. The number of amides is 9. The Labute approximate surface area is 549 Å². The predicted molar refractivity (Wildman–Crippen MR) is 328 cm³/mol. The number of aliphatic hydroxyl groups is 2. The van der Waals surface area contributed by atoms with E-state index in [9.17, 15) is 98.1 Å². The van der Waals surface area contributed by atoms with Crippen LogP contribution in [-0.4, -0.2) is 323 Å². The largest absolute Gasteiger partial charge is 0.508 e. The van der Waals surface area contributed by atoms with Gasteiger partial charge in [0.15, 0.2) is 0 Å². The predicted octanol–water partition coefficient (Wildman–Crippen LogP) is -8.24. The van der Waals surface area contributed by atoms with Crippen molar-refractivity contribution in [1.82, 2.24) is 67.5 Å². The van der Waals surface area contributed by atoms with Gasteiger partial charge in [-0.15, -0.1) is 0 Å². The molecule has 0 bridgehead atoms. The number of nitrogens with one attached hydrogen (secondary N) is 9. The van der Waals surface area contributed by atoms with Gasteiger partial charge in [-0.1, -0.05) is 26.0 Å². The van der Waals surface area contributed by atoms with Crippen molar-refractivity contribution in [3.8, 4) is 5.75 Å². The number of carbonyl (C=O) groups excluding carboxylic acids is 9. The fraction of sp³-hybridized carbons (Fsp3) is 0.642. The maximum absolute atomic E-state index is 13.8. The first-order chi connectivity index (χ1) is 42.1. The number of hydrogen-bond acceptors (Lipinski definition) is 23. The van der Waals surface area contributed by atoms with Crippen molar-refractivity contribution in [2.75, 3.05) is 123 Å². The number of nitrogens with two attached hydrogens (primary N) is 1. The molecule has 90 heavy (non-hydrogen) atoms. The normalized spacial score (nSPS) is 16.0. The number of hydrogen-bond donors (Lipinski definition) is 19. The van der Waals surface area contributed by atoms with Gasteiger partial charge in [0.2, 0.25) is 53.2 Å². The number of rotatable bonds is 38.